The van der Waals surface area contributed by atoms with Gasteiger partial charge in [0.2, 0.25) is 0 Å². The molecule has 0 unspecified atom stereocenters. The smallest absolute Gasteiger partial charge is 0.323 e. The maximum Gasteiger partial charge on any atom is 0.323 e. The fourth-order valence-corrected chi connectivity index (χ4v) is 3.33. The van der Waals surface area contributed by atoms with Crippen LogP contribution in [0.1, 0.15) is 5.56 Å². The van der Waals surface area contributed by atoms with Gasteiger partial charge in [-0.3, -0.25) is 0 Å². The molecule has 0 radical (unpaired) electrons. The van der Waals surface area contributed by atoms with Gasteiger partial charge in [0, 0.05) is 20.3 Å². The van der Waals surface area contributed by atoms with Crippen LogP contribution in [0.3, 0.4) is 0 Å². The van der Waals surface area contributed by atoms with E-state index in [2.05, 4.69) is 42.5 Å². The van der Waals surface area contributed by atoms with E-state index in [1.807, 2.05) is 19.1 Å². The van der Waals surface area contributed by atoms with Gasteiger partial charge in [-0.1, -0.05) is 6.07 Å². The third-order valence-corrected chi connectivity index (χ3v) is 3.82. The Bertz CT molecular complexity index is 636. The van der Waals surface area contributed by atoms with Crippen molar-refractivity contribution < 1.29 is 4.79 Å². The minimum Gasteiger partial charge on any atom is -0.399 e. The van der Waals surface area contributed by atoms with E-state index in [0.29, 0.717) is 17.1 Å². The zero-order valence-electron chi connectivity index (χ0n) is 10.7. The summed E-state index contributed by atoms with van der Waals surface area (Å²) in [5.41, 5.74) is 8.67. The molecule has 6 heteroatoms. The molecular formula is C14H13Br2N3O. The zero-order chi connectivity index (χ0) is 14.7. The molecule has 0 fully saturated rings. The molecule has 0 aliphatic rings. The number of nitrogen functional groups attached to an aromatic ring is 1. The van der Waals surface area contributed by atoms with Crippen molar-refractivity contribution in [3.63, 3.8) is 0 Å². The van der Waals surface area contributed by atoms with Crippen molar-refractivity contribution in [3.8, 4) is 0 Å². The molecule has 20 heavy (non-hydrogen) atoms. The second kappa shape index (κ2) is 6.28. The second-order valence-corrected chi connectivity index (χ2v) is 6.02. The van der Waals surface area contributed by atoms with Gasteiger partial charge in [0.05, 0.1) is 5.69 Å². The van der Waals surface area contributed by atoms with Gasteiger partial charge in [0.25, 0.3) is 0 Å². The summed E-state index contributed by atoms with van der Waals surface area (Å²) in [6.07, 6.45) is 0. The molecule has 2 amide bonds. The summed E-state index contributed by atoms with van der Waals surface area (Å²) in [5, 5.41) is 5.52. The molecule has 0 heterocycles. The zero-order valence-corrected chi connectivity index (χ0v) is 13.9. The summed E-state index contributed by atoms with van der Waals surface area (Å²) in [4.78, 5) is 12.0. The van der Waals surface area contributed by atoms with E-state index in [1.54, 1.807) is 24.3 Å². The van der Waals surface area contributed by atoms with Crippen LogP contribution in [0.2, 0.25) is 0 Å². The highest BCUT2D eigenvalue weighted by molar-refractivity contribution is 9.11. The van der Waals surface area contributed by atoms with Crippen LogP contribution in [0.5, 0.6) is 0 Å². The lowest BCUT2D eigenvalue weighted by atomic mass is 10.2. The van der Waals surface area contributed by atoms with E-state index < -0.39 is 0 Å². The molecule has 104 valence electrons. The maximum atomic E-state index is 12.0. The lowest BCUT2D eigenvalue weighted by Crippen LogP contribution is -2.20. The first kappa shape index (κ1) is 14.9. The monoisotopic (exact) mass is 397 g/mol. The van der Waals surface area contributed by atoms with Crippen molar-refractivity contribution in [2.45, 2.75) is 6.92 Å². The number of halogens is 2. The SMILES string of the molecule is Cc1cc(Br)c(NC(=O)Nc2cccc(N)c2)c(Br)c1. The van der Waals surface area contributed by atoms with Crippen molar-refractivity contribution in [2.75, 3.05) is 16.4 Å². The van der Waals surface area contributed by atoms with Gasteiger partial charge in [0.1, 0.15) is 0 Å². The molecule has 2 aromatic carbocycles. The number of nitrogens with one attached hydrogen (secondary N) is 2. The summed E-state index contributed by atoms with van der Waals surface area (Å²) in [5.74, 6) is 0. The molecule has 2 aromatic rings. The Morgan fingerprint density at radius 2 is 1.75 bits per heavy atom. The number of benzene rings is 2. The maximum absolute atomic E-state index is 12.0. The highest BCUT2D eigenvalue weighted by atomic mass is 79.9. The van der Waals surface area contributed by atoms with Gasteiger partial charge in [-0.2, -0.15) is 0 Å². The van der Waals surface area contributed by atoms with Gasteiger partial charge >= 0.3 is 6.03 Å². The molecule has 0 saturated heterocycles. The van der Waals surface area contributed by atoms with Gasteiger partial charge in [0.15, 0.2) is 0 Å². The molecule has 4 N–H and O–H groups in total. The number of amides is 2. The van der Waals surface area contributed by atoms with Gasteiger partial charge in [-0.25, -0.2) is 4.79 Å². The van der Waals surface area contributed by atoms with Crippen LogP contribution in [0.15, 0.2) is 45.3 Å². The number of nitrogens with two attached hydrogens (primary N) is 1. The number of hydrogen-bond donors (Lipinski definition) is 3. The Hall–Kier alpha value is -1.53. The fraction of sp³-hybridized carbons (Fsp3) is 0.0714. The van der Waals surface area contributed by atoms with Crippen LogP contribution >= 0.6 is 31.9 Å². The number of hydrogen-bond acceptors (Lipinski definition) is 2. The van der Waals surface area contributed by atoms with Gasteiger partial charge in [-0.05, 0) is 74.7 Å². The standard InChI is InChI=1S/C14H13Br2N3O/c1-8-5-11(15)13(12(16)6-8)19-14(20)18-10-4-2-3-9(17)7-10/h2-7H,17H2,1H3,(H2,18,19,20). The van der Waals surface area contributed by atoms with Crippen LogP contribution < -0.4 is 16.4 Å². The topological polar surface area (TPSA) is 67.2 Å². The number of urea groups is 1. The van der Waals surface area contributed by atoms with Crippen molar-refractivity contribution in [1.82, 2.24) is 0 Å². The van der Waals surface area contributed by atoms with Crippen LogP contribution in [-0.2, 0) is 0 Å². The van der Waals surface area contributed by atoms with Crippen molar-refractivity contribution in [1.29, 1.82) is 0 Å². The lowest BCUT2D eigenvalue weighted by Gasteiger charge is -2.12. The van der Waals surface area contributed by atoms with E-state index >= 15 is 0 Å². The Balaban J connectivity index is 2.13. The third-order valence-electron chi connectivity index (χ3n) is 2.57. The fourth-order valence-electron chi connectivity index (χ4n) is 1.71. The van der Waals surface area contributed by atoms with Crippen LogP contribution in [0.25, 0.3) is 0 Å². The predicted molar refractivity (Wildman–Crippen MR) is 90.1 cm³/mol. The first-order chi connectivity index (χ1) is 9.45. The number of carbonyl (C=O) groups is 1. The van der Waals surface area contributed by atoms with E-state index in [4.69, 9.17) is 5.73 Å². The van der Waals surface area contributed by atoms with Gasteiger partial charge < -0.3 is 16.4 Å². The summed E-state index contributed by atoms with van der Waals surface area (Å²) in [7, 11) is 0. The Morgan fingerprint density at radius 1 is 1.10 bits per heavy atom. The van der Waals surface area contributed by atoms with E-state index in [0.717, 1.165) is 14.5 Å². The molecule has 0 aliphatic carbocycles. The molecule has 0 saturated carbocycles. The van der Waals surface area contributed by atoms with Crippen molar-refractivity contribution in [3.05, 3.63) is 50.9 Å². The molecule has 0 bridgehead atoms. The average molecular weight is 399 g/mol. The molecule has 0 aromatic heterocycles. The summed E-state index contributed by atoms with van der Waals surface area (Å²) in [6, 6.07) is 10.5. The van der Waals surface area contributed by atoms with E-state index in [9.17, 15) is 4.79 Å². The van der Waals surface area contributed by atoms with E-state index in [-0.39, 0.29) is 6.03 Å². The van der Waals surface area contributed by atoms with Gasteiger partial charge in [-0.15, -0.1) is 0 Å². The van der Waals surface area contributed by atoms with Crippen molar-refractivity contribution in [2.24, 2.45) is 0 Å². The Kier molecular flexibility index (Phi) is 4.67. The molecule has 0 spiro atoms. The molecule has 0 atom stereocenters. The largest absolute Gasteiger partial charge is 0.399 e. The normalized spacial score (nSPS) is 10.2. The molecule has 0 aliphatic heterocycles. The number of anilines is 3. The van der Waals surface area contributed by atoms with Crippen molar-refractivity contribution >= 4 is 55.0 Å². The summed E-state index contributed by atoms with van der Waals surface area (Å²) in [6.45, 7) is 1.98. The predicted octanol–water partition coefficient (Wildman–Crippen LogP) is 4.75. The number of rotatable bonds is 2. The molecule has 2 rings (SSSR count). The highest BCUT2D eigenvalue weighted by Crippen LogP contribution is 2.32. The van der Waals surface area contributed by atoms with E-state index in [1.165, 1.54) is 0 Å². The summed E-state index contributed by atoms with van der Waals surface area (Å²) >= 11 is 6.86. The average Bonchev–Trinajstić information content (AvgIpc) is 2.33. The van der Waals surface area contributed by atoms with Crippen LogP contribution in [-0.4, -0.2) is 6.03 Å². The highest BCUT2D eigenvalue weighted by Gasteiger charge is 2.10. The third kappa shape index (κ3) is 3.74. The first-order valence-electron chi connectivity index (χ1n) is 5.85. The quantitative estimate of drug-likeness (QED) is 0.639. The molecular weight excluding hydrogens is 386 g/mol. The number of aryl methyl sites for hydroxylation is 1. The Labute approximate surface area is 134 Å². The summed E-state index contributed by atoms with van der Waals surface area (Å²) < 4.78 is 1.62. The lowest BCUT2D eigenvalue weighted by molar-refractivity contribution is 0.262. The van der Waals surface area contributed by atoms with Crippen LogP contribution in [0.4, 0.5) is 21.9 Å². The minimum atomic E-state index is -0.333. The first-order valence-corrected chi connectivity index (χ1v) is 7.43. The second-order valence-electron chi connectivity index (χ2n) is 4.31. The molecule has 4 nitrogen and oxygen atoms in total. The minimum absolute atomic E-state index is 0.333. The Morgan fingerprint density at radius 3 is 2.35 bits per heavy atom. The number of carbonyl (C=O) groups excluding carboxylic acids is 1. The van der Waals surface area contributed by atoms with Crippen LogP contribution in [0, 0.1) is 6.92 Å².